The van der Waals surface area contributed by atoms with Gasteiger partial charge in [0, 0.05) is 12.7 Å². The molecule has 0 saturated heterocycles. The highest BCUT2D eigenvalue weighted by atomic mass is 16.3. The van der Waals surface area contributed by atoms with E-state index in [0.717, 1.165) is 0 Å². The maximum Gasteiger partial charge on any atom is 0.269 e. The summed E-state index contributed by atoms with van der Waals surface area (Å²) >= 11 is 0. The monoisotopic (exact) mass is 169 g/mol. The minimum absolute atomic E-state index is 0.248. The summed E-state index contributed by atoms with van der Waals surface area (Å²) < 4.78 is 0. The molecule has 0 spiro atoms. The van der Waals surface area contributed by atoms with Gasteiger partial charge in [0.15, 0.2) is 0 Å². The Morgan fingerprint density at radius 3 is 3.17 bits per heavy atom. The molecule has 0 fully saturated rings. The third-order valence-corrected chi connectivity index (χ3v) is 1.30. The quantitative estimate of drug-likeness (QED) is 0.572. The standard InChI is InChI=1S/C7H11N3O2/c1-5(11)4-8-7(12)6-2-3-9-10-6/h2-3,5,11H,4H2,1H3,(H,8,12)(H,9,10)/t5-/m0/s1. The van der Waals surface area contributed by atoms with Gasteiger partial charge in [0.2, 0.25) is 0 Å². The van der Waals surface area contributed by atoms with Crippen molar-refractivity contribution in [1.29, 1.82) is 0 Å². The van der Waals surface area contributed by atoms with Crippen molar-refractivity contribution in [1.82, 2.24) is 15.5 Å². The van der Waals surface area contributed by atoms with Gasteiger partial charge in [-0.2, -0.15) is 5.10 Å². The molecule has 1 heterocycles. The Balaban J connectivity index is 2.40. The number of carbonyl (C=O) groups excluding carboxylic acids is 1. The fourth-order valence-electron chi connectivity index (χ4n) is 0.718. The van der Waals surface area contributed by atoms with Crippen LogP contribution in [-0.4, -0.2) is 33.9 Å². The Hall–Kier alpha value is -1.36. The first-order chi connectivity index (χ1) is 5.70. The first kappa shape index (κ1) is 8.73. The molecule has 5 heteroatoms. The number of nitrogens with zero attached hydrogens (tertiary/aromatic N) is 1. The van der Waals surface area contributed by atoms with Gasteiger partial charge in [-0.3, -0.25) is 9.89 Å². The van der Waals surface area contributed by atoms with Gasteiger partial charge in [-0.15, -0.1) is 0 Å². The van der Waals surface area contributed by atoms with Gasteiger partial charge >= 0.3 is 0 Å². The summed E-state index contributed by atoms with van der Waals surface area (Å²) in [5.74, 6) is -0.256. The minimum Gasteiger partial charge on any atom is -0.392 e. The summed E-state index contributed by atoms with van der Waals surface area (Å²) in [7, 11) is 0. The van der Waals surface area contributed by atoms with Crippen LogP contribution in [0.5, 0.6) is 0 Å². The molecule has 0 saturated carbocycles. The average molecular weight is 169 g/mol. The van der Waals surface area contributed by atoms with Crippen LogP contribution in [0, 0.1) is 0 Å². The highest BCUT2D eigenvalue weighted by Gasteiger charge is 2.06. The van der Waals surface area contributed by atoms with E-state index in [9.17, 15) is 4.79 Å². The lowest BCUT2D eigenvalue weighted by molar-refractivity contribution is 0.0919. The van der Waals surface area contributed by atoms with Crippen LogP contribution in [0.25, 0.3) is 0 Å². The Labute approximate surface area is 69.8 Å². The smallest absolute Gasteiger partial charge is 0.269 e. The summed E-state index contributed by atoms with van der Waals surface area (Å²) in [5.41, 5.74) is 0.399. The van der Waals surface area contributed by atoms with Gasteiger partial charge in [-0.05, 0) is 13.0 Å². The van der Waals surface area contributed by atoms with Gasteiger partial charge < -0.3 is 10.4 Å². The number of carbonyl (C=O) groups is 1. The summed E-state index contributed by atoms with van der Waals surface area (Å²) in [6, 6.07) is 1.57. The molecule has 5 nitrogen and oxygen atoms in total. The average Bonchev–Trinajstić information content (AvgIpc) is 2.51. The summed E-state index contributed by atoms with van der Waals surface area (Å²) in [6.07, 6.45) is 0.967. The van der Waals surface area contributed by atoms with E-state index in [-0.39, 0.29) is 12.5 Å². The number of rotatable bonds is 3. The summed E-state index contributed by atoms with van der Waals surface area (Å²) in [6.45, 7) is 1.85. The van der Waals surface area contributed by atoms with E-state index in [0.29, 0.717) is 5.69 Å². The van der Waals surface area contributed by atoms with E-state index in [1.165, 1.54) is 6.20 Å². The molecule has 0 aromatic carbocycles. The van der Waals surface area contributed by atoms with Crippen molar-refractivity contribution in [3.05, 3.63) is 18.0 Å². The third-order valence-electron chi connectivity index (χ3n) is 1.30. The Morgan fingerprint density at radius 1 is 1.92 bits per heavy atom. The second-order valence-corrected chi connectivity index (χ2v) is 2.53. The lowest BCUT2D eigenvalue weighted by Crippen LogP contribution is -2.30. The number of aromatic amines is 1. The van der Waals surface area contributed by atoms with Crippen LogP contribution in [0.4, 0.5) is 0 Å². The molecule has 12 heavy (non-hydrogen) atoms. The van der Waals surface area contributed by atoms with Gasteiger partial charge in [-0.1, -0.05) is 0 Å². The predicted octanol–water partition coefficient (Wildman–Crippen LogP) is -0.480. The largest absolute Gasteiger partial charge is 0.392 e. The number of hydrogen-bond acceptors (Lipinski definition) is 3. The maximum atomic E-state index is 11.1. The minimum atomic E-state index is -0.531. The van der Waals surface area contributed by atoms with Crippen LogP contribution >= 0.6 is 0 Å². The number of aliphatic hydroxyl groups excluding tert-OH is 1. The Kier molecular flexibility index (Phi) is 2.82. The van der Waals surface area contributed by atoms with E-state index in [2.05, 4.69) is 15.5 Å². The zero-order chi connectivity index (χ0) is 8.97. The van der Waals surface area contributed by atoms with Crippen LogP contribution in [0.2, 0.25) is 0 Å². The van der Waals surface area contributed by atoms with Crippen molar-refractivity contribution < 1.29 is 9.90 Å². The first-order valence-electron chi connectivity index (χ1n) is 3.66. The van der Waals surface area contributed by atoms with E-state index in [1.807, 2.05) is 0 Å². The molecule has 1 aromatic rings. The lowest BCUT2D eigenvalue weighted by Gasteiger charge is -2.04. The van der Waals surface area contributed by atoms with E-state index >= 15 is 0 Å². The van der Waals surface area contributed by atoms with Crippen LogP contribution < -0.4 is 5.32 Å². The number of amides is 1. The molecule has 0 aliphatic heterocycles. The van der Waals surface area contributed by atoms with Gasteiger partial charge in [0.05, 0.1) is 6.10 Å². The van der Waals surface area contributed by atoms with Crippen molar-refractivity contribution in [2.45, 2.75) is 13.0 Å². The molecule has 0 bridgehead atoms. The topological polar surface area (TPSA) is 78.0 Å². The fraction of sp³-hybridized carbons (Fsp3) is 0.429. The molecule has 1 aromatic heterocycles. The van der Waals surface area contributed by atoms with Crippen LogP contribution in [0.1, 0.15) is 17.4 Å². The van der Waals surface area contributed by atoms with E-state index < -0.39 is 6.10 Å². The van der Waals surface area contributed by atoms with Crippen molar-refractivity contribution in [3.63, 3.8) is 0 Å². The predicted molar refractivity (Wildman–Crippen MR) is 42.6 cm³/mol. The van der Waals surface area contributed by atoms with Gasteiger partial charge in [-0.25, -0.2) is 0 Å². The zero-order valence-corrected chi connectivity index (χ0v) is 6.74. The third kappa shape index (κ3) is 2.35. The molecule has 1 atom stereocenters. The van der Waals surface area contributed by atoms with Crippen molar-refractivity contribution in [3.8, 4) is 0 Å². The highest BCUT2D eigenvalue weighted by Crippen LogP contribution is 1.90. The SMILES string of the molecule is C[C@H](O)CNC(=O)c1ccn[nH]1. The Morgan fingerprint density at radius 2 is 2.67 bits per heavy atom. The number of H-pyrrole nitrogens is 1. The van der Waals surface area contributed by atoms with Crippen molar-refractivity contribution in [2.75, 3.05) is 6.54 Å². The normalized spacial score (nSPS) is 12.5. The Bertz CT molecular complexity index is 243. The maximum absolute atomic E-state index is 11.1. The second kappa shape index (κ2) is 3.87. The number of aromatic nitrogens is 2. The molecule has 0 aliphatic carbocycles. The molecule has 0 aliphatic rings. The molecular weight excluding hydrogens is 158 g/mol. The van der Waals surface area contributed by atoms with Crippen LogP contribution in [-0.2, 0) is 0 Å². The number of aliphatic hydroxyl groups is 1. The lowest BCUT2D eigenvalue weighted by atomic mass is 10.3. The number of nitrogens with one attached hydrogen (secondary N) is 2. The van der Waals surface area contributed by atoms with Crippen molar-refractivity contribution >= 4 is 5.91 Å². The van der Waals surface area contributed by atoms with Crippen LogP contribution in [0.3, 0.4) is 0 Å². The molecule has 0 unspecified atom stereocenters. The summed E-state index contributed by atoms with van der Waals surface area (Å²) in [5, 5.41) is 17.5. The van der Waals surface area contributed by atoms with Gasteiger partial charge in [0.1, 0.15) is 5.69 Å². The fourth-order valence-corrected chi connectivity index (χ4v) is 0.718. The van der Waals surface area contributed by atoms with E-state index in [4.69, 9.17) is 5.11 Å². The van der Waals surface area contributed by atoms with E-state index in [1.54, 1.807) is 13.0 Å². The second-order valence-electron chi connectivity index (χ2n) is 2.53. The highest BCUT2D eigenvalue weighted by molar-refractivity contribution is 5.92. The molecular formula is C7H11N3O2. The summed E-state index contributed by atoms with van der Waals surface area (Å²) in [4.78, 5) is 11.1. The zero-order valence-electron chi connectivity index (χ0n) is 6.74. The van der Waals surface area contributed by atoms with Crippen molar-refractivity contribution in [2.24, 2.45) is 0 Å². The molecule has 3 N–H and O–H groups in total. The number of hydrogen-bond donors (Lipinski definition) is 3. The van der Waals surface area contributed by atoms with Gasteiger partial charge in [0.25, 0.3) is 5.91 Å². The molecule has 66 valence electrons. The van der Waals surface area contributed by atoms with Crippen LogP contribution in [0.15, 0.2) is 12.3 Å². The molecule has 0 radical (unpaired) electrons. The molecule has 1 rings (SSSR count). The first-order valence-corrected chi connectivity index (χ1v) is 3.66. The molecule has 1 amide bonds.